The predicted octanol–water partition coefficient (Wildman–Crippen LogP) is 3.43. The summed E-state index contributed by atoms with van der Waals surface area (Å²) in [7, 11) is 0. The normalized spacial score (nSPS) is 23.2. The summed E-state index contributed by atoms with van der Waals surface area (Å²) in [6, 6.07) is 0.0248. The van der Waals surface area contributed by atoms with E-state index in [1.165, 1.54) is 4.68 Å². The van der Waals surface area contributed by atoms with Gasteiger partial charge in [-0.25, -0.2) is 4.79 Å². The van der Waals surface area contributed by atoms with Gasteiger partial charge in [-0.2, -0.15) is 9.78 Å². The zero-order valence-corrected chi connectivity index (χ0v) is 18.4. The Bertz CT molecular complexity index is 786. The van der Waals surface area contributed by atoms with Crippen molar-refractivity contribution in [1.29, 1.82) is 0 Å². The lowest BCUT2D eigenvalue weighted by atomic mass is 10.1. The molecule has 29 heavy (non-hydrogen) atoms. The molecule has 0 bridgehead atoms. The first-order valence-corrected chi connectivity index (χ1v) is 10.7. The second kappa shape index (κ2) is 8.92. The third kappa shape index (κ3) is 5.04. The minimum absolute atomic E-state index is 0.0248. The Morgan fingerprint density at radius 1 is 1.34 bits per heavy atom. The van der Waals surface area contributed by atoms with Gasteiger partial charge < -0.3 is 19.3 Å². The summed E-state index contributed by atoms with van der Waals surface area (Å²) in [6.07, 6.45) is 4.53. The highest BCUT2D eigenvalue weighted by molar-refractivity contribution is 6.33. The molecule has 3 rings (SSSR count). The van der Waals surface area contributed by atoms with Crippen molar-refractivity contribution in [2.24, 2.45) is 0 Å². The number of hydrogen-bond acceptors (Lipinski definition) is 6. The number of rotatable bonds is 3. The number of hydrogen-bond donors (Lipinski definition) is 0. The second-order valence-electron chi connectivity index (χ2n) is 8.60. The molecule has 0 N–H and O–H groups in total. The predicted molar refractivity (Wildman–Crippen MR) is 112 cm³/mol. The Kier molecular flexibility index (Phi) is 6.73. The Labute approximate surface area is 176 Å². The topological polar surface area (TPSA) is 76.9 Å². The summed E-state index contributed by atoms with van der Waals surface area (Å²) < 4.78 is 12.5. The Morgan fingerprint density at radius 3 is 2.72 bits per heavy atom. The van der Waals surface area contributed by atoms with Crippen LogP contribution in [0.25, 0.3) is 0 Å². The zero-order chi connectivity index (χ0) is 21.2. The maximum Gasteiger partial charge on any atom is 0.410 e. The number of halogens is 1. The standard InChI is InChI=1S/C20H31ClN4O4/c1-5-14-13-23(19(27)29-20(2,3)4)9-10-24(14)15-12-22-25(18(26)17(15)21)16-8-6-7-11-28-16/h12,14,16H,5-11,13H2,1-4H3/t14-,16?/m1/s1. The van der Waals surface area contributed by atoms with E-state index in [0.717, 1.165) is 25.7 Å². The zero-order valence-electron chi connectivity index (χ0n) is 17.7. The van der Waals surface area contributed by atoms with E-state index in [2.05, 4.69) is 16.9 Å². The fourth-order valence-corrected chi connectivity index (χ4v) is 4.02. The van der Waals surface area contributed by atoms with Crippen LogP contribution < -0.4 is 10.5 Å². The van der Waals surface area contributed by atoms with Crippen molar-refractivity contribution in [2.75, 3.05) is 31.1 Å². The van der Waals surface area contributed by atoms with Crippen molar-refractivity contribution in [3.63, 3.8) is 0 Å². The van der Waals surface area contributed by atoms with Crippen LogP contribution in [-0.4, -0.2) is 58.7 Å². The van der Waals surface area contributed by atoms with E-state index in [0.29, 0.717) is 31.9 Å². The van der Waals surface area contributed by atoms with E-state index in [9.17, 15) is 9.59 Å². The number of ether oxygens (including phenoxy) is 2. The van der Waals surface area contributed by atoms with E-state index in [1.54, 1.807) is 11.1 Å². The molecule has 1 amide bonds. The van der Waals surface area contributed by atoms with Gasteiger partial charge in [-0.3, -0.25) is 4.79 Å². The van der Waals surface area contributed by atoms with Crippen molar-refractivity contribution in [2.45, 2.75) is 71.2 Å². The molecule has 2 saturated heterocycles. The van der Waals surface area contributed by atoms with Gasteiger partial charge in [0.15, 0.2) is 6.23 Å². The highest BCUT2D eigenvalue weighted by Crippen LogP contribution is 2.29. The first-order chi connectivity index (χ1) is 13.7. The molecule has 0 saturated carbocycles. The molecule has 1 aromatic heterocycles. The van der Waals surface area contributed by atoms with Crippen molar-refractivity contribution < 1.29 is 14.3 Å². The summed E-state index contributed by atoms with van der Waals surface area (Å²) in [5.41, 5.74) is -0.255. The van der Waals surface area contributed by atoms with E-state index < -0.39 is 5.60 Å². The van der Waals surface area contributed by atoms with Gasteiger partial charge in [0.1, 0.15) is 10.6 Å². The summed E-state index contributed by atoms with van der Waals surface area (Å²) in [5.74, 6) is 0. The van der Waals surface area contributed by atoms with Gasteiger partial charge in [0.25, 0.3) is 5.56 Å². The SMILES string of the molecule is CC[C@@H]1CN(C(=O)OC(C)(C)C)CCN1c1cnn(C2CCCCO2)c(=O)c1Cl. The lowest BCUT2D eigenvalue weighted by Gasteiger charge is -2.42. The molecule has 162 valence electrons. The molecule has 9 heteroatoms. The third-order valence-electron chi connectivity index (χ3n) is 5.27. The minimum atomic E-state index is -0.533. The van der Waals surface area contributed by atoms with E-state index in [-0.39, 0.29) is 28.9 Å². The largest absolute Gasteiger partial charge is 0.444 e. The average molecular weight is 427 g/mol. The van der Waals surface area contributed by atoms with Gasteiger partial charge in [-0.1, -0.05) is 18.5 Å². The van der Waals surface area contributed by atoms with Gasteiger partial charge in [-0.05, 0) is 46.5 Å². The Balaban J connectivity index is 1.77. The van der Waals surface area contributed by atoms with Crippen molar-refractivity contribution in [3.05, 3.63) is 21.6 Å². The molecule has 2 aliphatic rings. The van der Waals surface area contributed by atoms with Gasteiger partial charge in [-0.15, -0.1) is 0 Å². The molecule has 1 aromatic rings. The van der Waals surface area contributed by atoms with Gasteiger partial charge in [0.2, 0.25) is 0 Å². The summed E-state index contributed by atoms with van der Waals surface area (Å²) in [4.78, 5) is 29.1. The molecule has 0 spiro atoms. The van der Waals surface area contributed by atoms with Crippen molar-refractivity contribution in [3.8, 4) is 0 Å². The minimum Gasteiger partial charge on any atom is -0.444 e. The fourth-order valence-electron chi connectivity index (χ4n) is 3.77. The van der Waals surface area contributed by atoms with Crippen molar-refractivity contribution in [1.82, 2.24) is 14.7 Å². The van der Waals surface area contributed by atoms with Crippen LogP contribution in [0.15, 0.2) is 11.0 Å². The van der Waals surface area contributed by atoms with Crippen molar-refractivity contribution >= 4 is 23.4 Å². The maximum atomic E-state index is 12.8. The summed E-state index contributed by atoms with van der Waals surface area (Å²) >= 11 is 6.48. The highest BCUT2D eigenvalue weighted by atomic mass is 35.5. The molecule has 8 nitrogen and oxygen atoms in total. The Morgan fingerprint density at radius 2 is 2.10 bits per heavy atom. The van der Waals surface area contributed by atoms with Crippen LogP contribution >= 0.6 is 11.6 Å². The molecule has 0 radical (unpaired) electrons. The lowest BCUT2D eigenvalue weighted by molar-refractivity contribution is -0.0424. The second-order valence-corrected chi connectivity index (χ2v) is 8.97. The van der Waals surface area contributed by atoms with Gasteiger partial charge in [0, 0.05) is 32.3 Å². The third-order valence-corrected chi connectivity index (χ3v) is 5.62. The summed E-state index contributed by atoms with van der Waals surface area (Å²) in [5, 5.41) is 4.51. The lowest BCUT2D eigenvalue weighted by Crippen LogP contribution is -2.56. The molecular weight excluding hydrogens is 396 g/mol. The smallest absolute Gasteiger partial charge is 0.410 e. The van der Waals surface area contributed by atoms with Crippen LogP contribution in [0.3, 0.4) is 0 Å². The summed E-state index contributed by atoms with van der Waals surface area (Å²) in [6.45, 7) is 9.81. The molecular formula is C20H31ClN4O4. The fraction of sp³-hybridized carbons (Fsp3) is 0.750. The van der Waals surface area contributed by atoms with E-state index in [4.69, 9.17) is 21.1 Å². The highest BCUT2D eigenvalue weighted by Gasteiger charge is 2.33. The number of amides is 1. The molecule has 2 aliphatic heterocycles. The number of nitrogens with zero attached hydrogens (tertiary/aromatic N) is 4. The maximum absolute atomic E-state index is 12.8. The van der Waals surface area contributed by atoms with Crippen LogP contribution in [0.2, 0.25) is 5.02 Å². The number of carbonyl (C=O) groups is 1. The van der Waals surface area contributed by atoms with Gasteiger partial charge in [0.05, 0.1) is 11.9 Å². The van der Waals surface area contributed by atoms with Crippen LogP contribution in [-0.2, 0) is 9.47 Å². The quantitative estimate of drug-likeness (QED) is 0.736. The monoisotopic (exact) mass is 426 g/mol. The van der Waals surface area contributed by atoms with Crippen LogP contribution in [0, 0.1) is 0 Å². The molecule has 3 heterocycles. The number of anilines is 1. The first-order valence-electron chi connectivity index (χ1n) is 10.3. The van der Waals surface area contributed by atoms with Crippen LogP contribution in [0.1, 0.15) is 59.6 Å². The van der Waals surface area contributed by atoms with Crippen LogP contribution in [0.4, 0.5) is 10.5 Å². The molecule has 2 atom stereocenters. The average Bonchev–Trinajstić information content (AvgIpc) is 2.69. The first kappa shape index (κ1) is 21.9. The van der Waals surface area contributed by atoms with Crippen LogP contribution in [0.5, 0.6) is 0 Å². The molecule has 0 aliphatic carbocycles. The number of piperazine rings is 1. The number of carbonyl (C=O) groups excluding carboxylic acids is 1. The number of aromatic nitrogens is 2. The van der Waals surface area contributed by atoms with E-state index in [1.807, 2.05) is 20.8 Å². The Hall–Kier alpha value is -1.80. The van der Waals surface area contributed by atoms with Gasteiger partial charge >= 0.3 is 6.09 Å². The molecule has 1 unspecified atom stereocenters. The van der Waals surface area contributed by atoms with E-state index >= 15 is 0 Å². The molecule has 0 aromatic carbocycles. The molecule has 2 fully saturated rings.